The van der Waals surface area contributed by atoms with Crippen LogP contribution in [0.25, 0.3) is 0 Å². The Hall–Kier alpha value is -2.11. The summed E-state index contributed by atoms with van der Waals surface area (Å²) < 4.78 is 5.54. The third-order valence-corrected chi connectivity index (χ3v) is 7.44. The van der Waals surface area contributed by atoms with Crippen molar-refractivity contribution in [2.24, 2.45) is 29.6 Å². The van der Waals surface area contributed by atoms with Crippen LogP contribution in [0.5, 0.6) is 0 Å². The summed E-state index contributed by atoms with van der Waals surface area (Å²) in [6.07, 6.45) is 7.92. The number of anilines is 1. The largest absolute Gasteiger partial charge is 0.455 e. The molecule has 0 unspecified atom stereocenters. The fraction of sp³-hybridized carbons (Fsp3) is 0.682. The molecule has 0 N–H and O–H groups in total. The molecule has 0 radical (unpaired) electrons. The van der Waals surface area contributed by atoms with Crippen molar-refractivity contribution in [1.82, 2.24) is 9.88 Å². The Bertz CT molecular complexity index is 702. The normalized spacial score (nSPS) is 33.8. The van der Waals surface area contributed by atoms with Crippen molar-refractivity contribution in [1.29, 1.82) is 0 Å². The summed E-state index contributed by atoms with van der Waals surface area (Å²) in [5, 5.41) is 0. The van der Waals surface area contributed by atoms with Crippen molar-refractivity contribution in [3.05, 3.63) is 24.4 Å². The number of carbonyl (C=O) groups is 2. The van der Waals surface area contributed by atoms with Crippen molar-refractivity contribution in [3.63, 3.8) is 0 Å². The number of ether oxygens (including phenoxy) is 1. The van der Waals surface area contributed by atoms with Gasteiger partial charge in [0, 0.05) is 32.4 Å². The lowest BCUT2D eigenvalue weighted by Gasteiger charge is -2.53. The summed E-state index contributed by atoms with van der Waals surface area (Å²) in [5.74, 6) is 3.48. The minimum atomic E-state index is -0.116. The molecule has 6 rings (SSSR count). The van der Waals surface area contributed by atoms with Gasteiger partial charge in [0.25, 0.3) is 5.91 Å². The smallest absolute Gasteiger partial charge is 0.310 e. The van der Waals surface area contributed by atoms with Gasteiger partial charge in [-0.2, -0.15) is 0 Å². The number of rotatable bonds is 4. The zero-order valence-electron chi connectivity index (χ0n) is 16.3. The highest BCUT2D eigenvalue weighted by atomic mass is 16.5. The Kier molecular flexibility index (Phi) is 4.73. The second kappa shape index (κ2) is 7.37. The van der Waals surface area contributed by atoms with E-state index in [1.807, 2.05) is 23.1 Å². The lowest BCUT2D eigenvalue weighted by atomic mass is 9.52. The van der Waals surface area contributed by atoms with E-state index < -0.39 is 0 Å². The van der Waals surface area contributed by atoms with Crippen LogP contribution in [0.1, 0.15) is 32.1 Å². The molecule has 1 aromatic rings. The van der Waals surface area contributed by atoms with Crippen LogP contribution in [0, 0.1) is 29.6 Å². The monoisotopic (exact) mass is 383 g/mol. The van der Waals surface area contributed by atoms with Gasteiger partial charge in [0.05, 0.1) is 5.92 Å². The minimum absolute atomic E-state index is 0.0432. The van der Waals surface area contributed by atoms with Crippen molar-refractivity contribution < 1.29 is 14.3 Å². The molecule has 4 aliphatic carbocycles. The molecule has 6 heteroatoms. The number of esters is 1. The summed E-state index contributed by atoms with van der Waals surface area (Å²) in [4.78, 5) is 33.7. The average molecular weight is 383 g/mol. The van der Waals surface area contributed by atoms with Gasteiger partial charge in [0.15, 0.2) is 6.61 Å². The van der Waals surface area contributed by atoms with Gasteiger partial charge in [-0.25, -0.2) is 4.98 Å². The lowest BCUT2D eigenvalue weighted by Crippen LogP contribution is -2.51. The fourth-order valence-electron chi connectivity index (χ4n) is 6.36. The molecule has 1 aromatic heterocycles. The average Bonchev–Trinajstić information content (AvgIpc) is 2.72. The zero-order valence-corrected chi connectivity index (χ0v) is 16.3. The number of hydrogen-bond donors (Lipinski definition) is 0. The predicted octanol–water partition coefficient (Wildman–Crippen LogP) is 2.35. The van der Waals surface area contributed by atoms with E-state index in [2.05, 4.69) is 9.88 Å². The fourth-order valence-corrected chi connectivity index (χ4v) is 6.36. The van der Waals surface area contributed by atoms with Crippen LogP contribution in [0.2, 0.25) is 0 Å². The van der Waals surface area contributed by atoms with Gasteiger partial charge < -0.3 is 14.5 Å². The Morgan fingerprint density at radius 1 is 0.964 bits per heavy atom. The topological polar surface area (TPSA) is 62.7 Å². The maximum absolute atomic E-state index is 12.7. The van der Waals surface area contributed by atoms with Crippen molar-refractivity contribution >= 4 is 17.7 Å². The number of pyridine rings is 1. The van der Waals surface area contributed by atoms with Crippen LogP contribution in [-0.4, -0.2) is 54.5 Å². The highest BCUT2D eigenvalue weighted by Gasteiger charge is 2.51. The van der Waals surface area contributed by atoms with E-state index in [9.17, 15) is 9.59 Å². The van der Waals surface area contributed by atoms with Crippen molar-refractivity contribution in [3.8, 4) is 0 Å². The molecule has 0 spiro atoms. The van der Waals surface area contributed by atoms with E-state index in [0.717, 1.165) is 30.7 Å². The number of carbonyl (C=O) groups excluding carboxylic acids is 2. The van der Waals surface area contributed by atoms with Crippen molar-refractivity contribution in [2.45, 2.75) is 32.1 Å². The molecule has 1 aliphatic heterocycles. The molecule has 5 aliphatic rings. The first-order chi connectivity index (χ1) is 13.7. The van der Waals surface area contributed by atoms with Gasteiger partial charge in [-0.3, -0.25) is 9.59 Å². The molecule has 1 amide bonds. The first kappa shape index (κ1) is 18.0. The number of amides is 1. The van der Waals surface area contributed by atoms with E-state index >= 15 is 0 Å². The molecule has 4 bridgehead atoms. The minimum Gasteiger partial charge on any atom is -0.455 e. The second-order valence-corrected chi connectivity index (χ2v) is 9.12. The SMILES string of the molecule is O=C(OCC(=O)N1CCN(c2ccccn2)CC1)C1C2CC3CC(C2)CC1C3. The summed E-state index contributed by atoms with van der Waals surface area (Å²) in [6, 6.07) is 5.87. The van der Waals surface area contributed by atoms with Crippen LogP contribution >= 0.6 is 0 Å². The van der Waals surface area contributed by atoms with Crippen LogP contribution in [0.3, 0.4) is 0 Å². The third-order valence-electron chi connectivity index (χ3n) is 7.44. The second-order valence-electron chi connectivity index (χ2n) is 9.12. The van der Waals surface area contributed by atoms with E-state index in [4.69, 9.17) is 4.74 Å². The zero-order chi connectivity index (χ0) is 19.1. The first-order valence-electron chi connectivity index (χ1n) is 10.8. The van der Waals surface area contributed by atoms with Gasteiger partial charge in [-0.1, -0.05) is 6.07 Å². The van der Waals surface area contributed by atoms with Crippen LogP contribution < -0.4 is 4.90 Å². The van der Waals surface area contributed by atoms with Gasteiger partial charge in [0.1, 0.15) is 5.82 Å². The summed E-state index contributed by atoms with van der Waals surface area (Å²) in [6.45, 7) is 2.69. The van der Waals surface area contributed by atoms with E-state index in [-0.39, 0.29) is 24.4 Å². The summed E-state index contributed by atoms with van der Waals surface area (Å²) in [5.41, 5.74) is 0. The Morgan fingerprint density at radius 2 is 1.64 bits per heavy atom. The molecular weight excluding hydrogens is 354 g/mol. The number of nitrogens with zero attached hydrogens (tertiary/aromatic N) is 3. The molecule has 2 heterocycles. The Labute approximate surface area is 166 Å². The Morgan fingerprint density at radius 3 is 2.25 bits per heavy atom. The van der Waals surface area contributed by atoms with E-state index in [1.165, 1.54) is 32.1 Å². The number of piperazine rings is 1. The van der Waals surface area contributed by atoms with Crippen LogP contribution in [0.4, 0.5) is 5.82 Å². The summed E-state index contributed by atoms with van der Waals surface area (Å²) >= 11 is 0. The standard InChI is InChI=1S/C22H29N3O3/c26-20(25-7-5-24(6-8-25)19-3-1-2-4-23-19)14-28-22(27)21-17-10-15-9-16(12-17)13-18(21)11-15/h1-4,15-18,21H,5-14H2. The van der Waals surface area contributed by atoms with Gasteiger partial charge >= 0.3 is 5.97 Å². The van der Waals surface area contributed by atoms with E-state index in [0.29, 0.717) is 24.9 Å². The van der Waals surface area contributed by atoms with Gasteiger partial charge in [-0.05, 0) is 67.9 Å². The Balaban J connectivity index is 1.11. The predicted molar refractivity (Wildman–Crippen MR) is 105 cm³/mol. The molecule has 6 nitrogen and oxygen atoms in total. The molecule has 150 valence electrons. The van der Waals surface area contributed by atoms with Crippen LogP contribution in [-0.2, 0) is 14.3 Å². The molecular formula is C22H29N3O3. The highest BCUT2D eigenvalue weighted by Crippen LogP contribution is 2.56. The van der Waals surface area contributed by atoms with Crippen LogP contribution in [0.15, 0.2) is 24.4 Å². The third kappa shape index (κ3) is 3.38. The quantitative estimate of drug-likeness (QED) is 0.747. The first-order valence-corrected chi connectivity index (χ1v) is 10.8. The van der Waals surface area contributed by atoms with Gasteiger partial charge in [0.2, 0.25) is 0 Å². The number of hydrogen-bond acceptors (Lipinski definition) is 5. The lowest BCUT2D eigenvalue weighted by molar-refractivity contribution is -0.166. The maximum Gasteiger partial charge on any atom is 0.310 e. The van der Waals surface area contributed by atoms with E-state index in [1.54, 1.807) is 6.20 Å². The number of aromatic nitrogens is 1. The van der Waals surface area contributed by atoms with Gasteiger partial charge in [-0.15, -0.1) is 0 Å². The maximum atomic E-state index is 12.7. The summed E-state index contributed by atoms with van der Waals surface area (Å²) in [7, 11) is 0. The highest BCUT2D eigenvalue weighted by molar-refractivity contribution is 5.82. The molecule has 28 heavy (non-hydrogen) atoms. The molecule has 0 atom stereocenters. The molecule has 5 fully saturated rings. The molecule has 4 saturated carbocycles. The van der Waals surface area contributed by atoms with Crippen molar-refractivity contribution in [2.75, 3.05) is 37.7 Å². The molecule has 0 aromatic carbocycles. The molecule has 1 saturated heterocycles.